The summed E-state index contributed by atoms with van der Waals surface area (Å²) in [5, 5.41) is 5.67. The van der Waals surface area contributed by atoms with Crippen molar-refractivity contribution in [3.05, 3.63) is 59.7 Å². The van der Waals surface area contributed by atoms with Gasteiger partial charge >= 0.3 is 6.18 Å². The molecule has 0 saturated carbocycles. The lowest BCUT2D eigenvalue weighted by molar-refractivity contribution is -0.138. The molecule has 37 heavy (non-hydrogen) atoms. The highest BCUT2D eigenvalue weighted by atomic mass is 19.4. The number of halogens is 3. The summed E-state index contributed by atoms with van der Waals surface area (Å²) in [5.74, 6) is 0.961. The van der Waals surface area contributed by atoms with Crippen LogP contribution < -0.4 is 20.4 Å². The molecule has 4 rings (SSSR count). The Labute approximate surface area is 213 Å². The molecule has 0 radical (unpaired) electrons. The van der Waals surface area contributed by atoms with Crippen molar-refractivity contribution < 1.29 is 18.0 Å². The van der Waals surface area contributed by atoms with Crippen molar-refractivity contribution in [3.63, 3.8) is 0 Å². The summed E-state index contributed by atoms with van der Waals surface area (Å²) in [6.07, 6.45) is -3.38. The third-order valence-corrected chi connectivity index (χ3v) is 6.39. The van der Waals surface area contributed by atoms with Crippen LogP contribution in [0.1, 0.15) is 24.0 Å². The number of anilines is 3. The second-order valence-electron chi connectivity index (χ2n) is 9.11. The Bertz CT molecular complexity index is 1240. The minimum Gasteiger partial charge on any atom is -0.378 e. The van der Waals surface area contributed by atoms with E-state index in [9.17, 15) is 18.0 Å². The molecule has 1 amide bonds. The molecule has 196 valence electrons. The van der Waals surface area contributed by atoms with Crippen LogP contribution in [0.5, 0.6) is 0 Å². The maximum absolute atomic E-state index is 13.2. The van der Waals surface area contributed by atoms with E-state index < -0.39 is 11.7 Å². The van der Waals surface area contributed by atoms with Crippen LogP contribution in [0.4, 0.5) is 30.8 Å². The van der Waals surface area contributed by atoms with Gasteiger partial charge in [0.2, 0.25) is 17.8 Å². The number of alkyl halides is 3. The van der Waals surface area contributed by atoms with Crippen LogP contribution in [0.2, 0.25) is 0 Å². The number of benzene rings is 2. The van der Waals surface area contributed by atoms with E-state index in [4.69, 9.17) is 4.98 Å². The van der Waals surface area contributed by atoms with Crippen LogP contribution in [0, 0.1) is 5.92 Å². The van der Waals surface area contributed by atoms with Gasteiger partial charge in [0.1, 0.15) is 0 Å². The van der Waals surface area contributed by atoms with Gasteiger partial charge in [0.05, 0.1) is 5.56 Å². The average molecular weight is 514 g/mol. The second kappa shape index (κ2) is 11.0. The van der Waals surface area contributed by atoms with E-state index in [-0.39, 0.29) is 23.9 Å². The Kier molecular flexibility index (Phi) is 7.80. The quantitative estimate of drug-likeness (QED) is 0.490. The summed E-state index contributed by atoms with van der Waals surface area (Å²) in [6, 6.07) is 13.2. The average Bonchev–Trinajstić information content (AvgIpc) is 2.91. The predicted octanol–water partition coefficient (Wildman–Crippen LogP) is 4.20. The lowest BCUT2D eigenvalue weighted by atomic mass is 9.96. The van der Waals surface area contributed by atoms with E-state index in [1.807, 2.05) is 48.2 Å². The number of carbonyl (C=O) groups is 1. The molecular weight excluding hydrogens is 483 g/mol. The molecule has 2 heterocycles. The molecule has 0 aliphatic carbocycles. The van der Waals surface area contributed by atoms with E-state index in [0.29, 0.717) is 43.7 Å². The number of piperidine rings is 1. The fourth-order valence-electron chi connectivity index (χ4n) is 4.29. The van der Waals surface area contributed by atoms with Crippen LogP contribution >= 0.6 is 0 Å². The van der Waals surface area contributed by atoms with Crippen molar-refractivity contribution in [1.82, 2.24) is 20.3 Å². The first-order chi connectivity index (χ1) is 17.7. The maximum atomic E-state index is 13.2. The van der Waals surface area contributed by atoms with Gasteiger partial charge in [0.15, 0.2) is 5.82 Å². The normalized spacial score (nSPS) is 14.4. The molecule has 11 heteroatoms. The molecule has 3 aromatic rings. The standard InChI is InChI=1S/C26H30F3N7O/c1-30-24-32-22(18-8-6-9-20(15-18)35(2)3)33-25(34-24)36-13-11-17(12-14-36)23(37)31-16-19-7-4-5-10-21(19)26(27,28)29/h4-10,15,17H,11-14,16H2,1-3H3,(H,31,37)(H,30,32,33,34). The molecule has 1 aromatic heterocycles. The first kappa shape index (κ1) is 26.2. The smallest absolute Gasteiger partial charge is 0.378 e. The lowest BCUT2D eigenvalue weighted by Gasteiger charge is -2.31. The Morgan fingerprint density at radius 2 is 1.78 bits per heavy atom. The maximum Gasteiger partial charge on any atom is 0.416 e. The van der Waals surface area contributed by atoms with Gasteiger partial charge in [-0.1, -0.05) is 30.3 Å². The van der Waals surface area contributed by atoms with E-state index in [0.717, 1.165) is 17.3 Å². The number of nitrogens with one attached hydrogen (secondary N) is 2. The van der Waals surface area contributed by atoms with Gasteiger partial charge in [-0.25, -0.2) is 0 Å². The zero-order valence-electron chi connectivity index (χ0n) is 21.0. The van der Waals surface area contributed by atoms with E-state index in [2.05, 4.69) is 20.6 Å². The van der Waals surface area contributed by atoms with Crippen LogP contribution in [0.25, 0.3) is 11.4 Å². The lowest BCUT2D eigenvalue weighted by Crippen LogP contribution is -2.41. The van der Waals surface area contributed by atoms with E-state index >= 15 is 0 Å². The first-order valence-electron chi connectivity index (χ1n) is 12.0. The summed E-state index contributed by atoms with van der Waals surface area (Å²) in [5.41, 5.74) is 1.21. The van der Waals surface area contributed by atoms with Crippen molar-refractivity contribution in [2.24, 2.45) is 5.92 Å². The molecule has 2 aromatic carbocycles. The number of nitrogens with zero attached hydrogens (tertiary/aromatic N) is 5. The molecule has 1 aliphatic heterocycles. The molecule has 1 saturated heterocycles. The molecule has 0 bridgehead atoms. The van der Waals surface area contributed by atoms with Gasteiger partial charge in [0, 0.05) is 57.9 Å². The Morgan fingerprint density at radius 3 is 2.46 bits per heavy atom. The Morgan fingerprint density at radius 1 is 1.05 bits per heavy atom. The van der Waals surface area contributed by atoms with Gasteiger partial charge in [-0.3, -0.25) is 4.79 Å². The molecule has 1 aliphatic rings. The summed E-state index contributed by atoms with van der Waals surface area (Å²) in [4.78, 5) is 30.5. The monoisotopic (exact) mass is 513 g/mol. The van der Waals surface area contributed by atoms with Crippen molar-refractivity contribution >= 4 is 23.5 Å². The third-order valence-electron chi connectivity index (χ3n) is 6.39. The fourth-order valence-corrected chi connectivity index (χ4v) is 4.29. The van der Waals surface area contributed by atoms with Crippen molar-refractivity contribution in [2.75, 3.05) is 49.3 Å². The zero-order valence-corrected chi connectivity index (χ0v) is 21.0. The molecule has 2 N–H and O–H groups in total. The minimum absolute atomic E-state index is 0.0523. The van der Waals surface area contributed by atoms with Crippen LogP contribution in [-0.4, -0.2) is 55.1 Å². The minimum atomic E-state index is -4.46. The highest BCUT2D eigenvalue weighted by Gasteiger charge is 2.33. The van der Waals surface area contributed by atoms with Gasteiger partial charge in [-0.05, 0) is 36.6 Å². The summed E-state index contributed by atoms with van der Waals surface area (Å²) >= 11 is 0. The molecular formula is C26H30F3N7O. The molecule has 8 nitrogen and oxygen atoms in total. The van der Waals surface area contributed by atoms with Gasteiger partial charge in [-0.15, -0.1) is 0 Å². The highest BCUT2D eigenvalue weighted by molar-refractivity contribution is 5.79. The van der Waals surface area contributed by atoms with E-state index in [1.54, 1.807) is 7.05 Å². The fraction of sp³-hybridized carbons (Fsp3) is 0.385. The third kappa shape index (κ3) is 6.28. The summed E-state index contributed by atoms with van der Waals surface area (Å²) in [6.45, 7) is 0.923. The molecule has 0 atom stereocenters. The van der Waals surface area contributed by atoms with Crippen LogP contribution in [-0.2, 0) is 17.5 Å². The number of rotatable bonds is 7. The Balaban J connectivity index is 1.42. The van der Waals surface area contributed by atoms with Gasteiger partial charge in [-0.2, -0.15) is 28.1 Å². The van der Waals surface area contributed by atoms with Crippen LogP contribution in [0.3, 0.4) is 0 Å². The SMILES string of the molecule is CNc1nc(-c2cccc(N(C)C)c2)nc(N2CCC(C(=O)NCc3ccccc3C(F)(F)F)CC2)n1. The second-order valence-corrected chi connectivity index (χ2v) is 9.11. The molecule has 0 unspecified atom stereocenters. The number of carbonyl (C=O) groups excluding carboxylic acids is 1. The molecule has 1 fully saturated rings. The molecule has 0 spiro atoms. The van der Waals surface area contributed by atoms with Crippen molar-refractivity contribution in [2.45, 2.75) is 25.6 Å². The summed E-state index contributed by atoms with van der Waals surface area (Å²) < 4.78 is 39.7. The Hall–Kier alpha value is -3.89. The number of aromatic nitrogens is 3. The van der Waals surface area contributed by atoms with Crippen molar-refractivity contribution in [1.29, 1.82) is 0 Å². The van der Waals surface area contributed by atoms with E-state index in [1.165, 1.54) is 18.2 Å². The topological polar surface area (TPSA) is 86.3 Å². The number of hydrogen-bond acceptors (Lipinski definition) is 7. The van der Waals surface area contributed by atoms with Gasteiger partial charge in [0.25, 0.3) is 0 Å². The van der Waals surface area contributed by atoms with Crippen LogP contribution in [0.15, 0.2) is 48.5 Å². The zero-order chi connectivity index (χ0) is 26.6. The largest absolute Gasteiger partial charge is 0.416 e. The number of hydrogen-bond donors (Lipinski definition) is 2. The first-order valence-corrected chi connectivity index (χ1v) is 12.0. The highest BCUT2D eigenvalue weighted by Crippen LogP contribution is 2.32. The summed E-state index contributed by atoms with van der Waals surface area (Å²) in [7, 11) is 5.67. The van der Waals surface area contributed by atoms with Gasteiger partial charge < -0.3 is 20.4 Å². The van der Waals surface area contributed by atoms with Crippen molar-refractivity contribution in [3.8, 4) is 11.4 Å². The predicted molar refractivity (Wildman–Crippen MR) is 137 cm³/mol. The number of amides is 1.